The first-order valence-corrected chi connectivity index (χ1v) is 4.52. The number of aliphatic hydroxyl groups is 1. The highest BCUT2D eigenvalue weighted by Crippen LogP contribution is 2.05. The van der Waals surface area contributed by atoms with E-state index in [4.69, 9.17) is 9.84 Å². The van der Waals surface area contributed by atoms with Gasteiger partial charge < -0.3 is 15.2 Å². The second kappa shape index (κ2) is 4.77. The van der Waals surface area contributed by atoms with Crippen LogP contribution in [0.1, 0.15) is 13.8 Å². The Kier molecular flexibility index (Phi) is 3.94. The summed E-state index contributed by atoms with van der Waals surface area (Å²) in [6.07, 6.45) is -0.646. The zero-order valence-electron chi connectivity index (χ0n) is 7.79. The zero-order valence-corrected chi connectivity index (χ0v) is 7.79. The Morgan fingerprint density at radius 3 is 3.08 bits per heavy atom. The molecule has 1 aliphatic rings. The van der Waals surface area contributed by atoms with Gasteiger partial charge in [0.05, 0.1) is 0 Å². The normalized spacial score (nSPS) is 28.8. The van der Waals surface area contributed by atoms with Gasteiger partial charge in [0.15, 0.2) is 6.29 Å². The van der Waals surface area contributed by atoms with Crippen molar-refractivity contribution in [1.29, 1.82) is 0 Å². The van der Waals surface area contributed by atoms with E-state index >= 15 is 0 Å². The van der Waals surface area contributed by atoms with Crippen molar-refractivity contribution in [2.45, 2.75) is 26.4 Å². The van der Waals surface area contributed by atoms with Crippen LogP contribution in [0.4, 0.5) is 0 Å². The highest BCUT2D eigenvalue weighted by atomic mass is 16.6. The molecule has 0 spiro atoms. The number of hydrogen-bond acceptors (Lipinski definition) is 4. The molecule has 2 N–H and O–H groups in total. The second-order valence-electron chi connectivity index (χ2n) is 3.02. The molecule has 0 aromatic carbocycles. The summed E-state index contributed by atoms with van der Waals surface area (Å²) in [6, 6.07) is 0. The van der Waals surface area contributed by atoms with Gasteiger partial charge in [-0.3, -0.25) is 4.90 Å². The lowest BCUT2D eigenvalue weighted by atomic mass is 10.3. The molecule has 1 saturated heterocycles. The predicted octanol–water partition coefficient (Wildman–Crippen LogP) is -0.407. The van der Waals surface area contributed by atoms with Crippen LogP contribution >= 0.6 is 0 Å². The molecule has 2 unspecified atom stereocenters. The van der Waals surface area contributed by atoms with Crippen molar-refractivity contribution in [2.24, 2.45) is 0 Å². The van der Waals surface area contributed by atoms with E-state index in [9.17, 15) is 0 Å². The summed E-state index contributed by atoms with van der Waals surface area (Å²) in [5, 5.41) is 12.3. The lowest BCUT2D eigenvalue weighted by Gasteiger charge is -2.35. The number of rotatable bonds is 3. The minimum atomic E-state index is -0.677. The average Bonchev–Trinajstić information content (AvgIpc) is 2.04. The fourth-order valence-corrected chi connectivity index (χ4v) is 1.44. The van der Waals surface area contributed by atoms with E-state index in [1.54, 1.807) is 6.92 Å². The molecular weight excluding hydrogens is 156 g/mol. The molecule has 0 aliphatic carbocycles. The largest absolute Gasteiger partial charge is 0.368 e. The smallest absolute Gasteiger partial charge is 0.153 e. The van der Waals surface area contributed by atoms with E-state index in [1.165, 1.54) is 0 Å². The van der Waals surface area contributed by atoms with Crippen LogP contribution in [-0.2, 0) is 4.74 Å². The molecule has 1 fully saturated rings. The lowest BCUT2D eigenvalue weighted by molar-refractivity contribution is -0.176. The monoisotopic (exact) mass is 174 g/mol. The van der Waals surface area contributed by atoms with Crippen LogP contribution < -0.4 is 5.32 Å². The van der Waals surface area contributed by atoms with E-state index in [-0.39, 0.29) is 6.23 Å². The molecular formula is C8H18N2O2. The van der Waals surface area contributed by atoms with Gasteiger partial charge in [0, 0.05) is 19.6 Å². The number of aliphatic hydroxyl groups excluding tert-OH is 1. The maximum atomic E-state index is 9.04. The third-order valence-corrected chi connectivity index (χ3v) is 2.06. The third-order valence-electron chi connectivity index (χ3n) is 2.06. The van der Waals surface area contributed by atoms with Gasteiger partial charge >= 0.3 is 0 Å². The quantitative estimate of drug-likeness (QED) is 0.571. The Balaban J connectivity index is 2.36. The lowest BCUT2D eigenvalue weighted by Crippen LogP contribution is -2.53. The molecule has 2 atom stereocenters. The van der Waals surface area contributed by atoms with Gasteiger partial charge in [0.25, 0.3) is 0 Å². The Bertz CT molecular complexity index is 130. The molecule has 12 heavy (non-hydrogen) atoms. The molecule has 0 saturated carbocycles. The van der Waals surface area contributed by atoms with Crippen LogP contribution in [-0.4, -0.2) is 48.7 Å². The fraction of sp³-hybridized carbons (Fsp3) is 1.00. The molecule has 4 heteroatoms. The summed E-state index contributed by atoms with van der Waals surface area (Å²) in [4.78, 5) is 2.21. The van der Waals surface area contributed by atoms with Gasteiger partial charge in [-0.2, -0.15) is 0 Å². The summed E-state index contributed by atoms with van der Waals surface area (Å²) in [7, 11) is 0. The molecule has 0 aromatic rings. The van der Waals surface area contributed by atoms with Crippen LogP contribution in [0, 0.1) is 0 Å². The summed E-state index contributed by atoms with van der Waals surface area (Å²) in [6.45, 7) is 7.52. The van der Waals surface area contributed by atoms with Gasteiger partial charge in [-0.25, -0.2) is 0 Å². The standard InChI is InChI=1S/C8H18N2O2/c1-3-10-5-4-9-6-8(10)12-7(2)11/h7-9,11H,3-6H2,1-2H3. The zero-order chi connectivity index (χ0) is 8.97. The Labute approximate surface area is 73.5 Å². The summed E-state index contributed by atoms with van der Waals surface area (Å²) in [5.41, 5.74) is 0. The molecule has 72 valence electrons. The summed E-state index contributed by atoms with van der Waals surface area (Å²) < 4.78 is 5.31. The maximum absolute atomic E-state index is 9.04. The fourth-order valence-electron chi connectivity index (χ4n) is 1.44. The molecule has 1 rings (SSSR count). The number of likely N-dealkylation sites (N-methyl/N-ethyl adjacent to an activating group) is 1. The van der Waals surface area contributed by atoms with Crippen molar-refractivity contribution in [3.05, 3.63) is 0 Å². The molecule has 4 nitrogen and oxygen atoms in total. The summed E-state index contributed by atoms with van der Waals surface area (Å²) >= 11 is 0. The van der Waals surface area contributed by atoms with E-state index < -0.39 is 6.29 Å². The van der Waals surface area contributed by atoms with Gasteiger partial charge in [-0.05, 0) is 13.5 Å². The van der Waals surface area contributed by atoms with Gasteiger partial charge in [0.1, 0.15) is 6.23 Å². The highest BCUT2D eigenvalue weighted by Gasteiger charge is 2.22. The van der Waals surface area contributed by atoms with Crippen LogP contribution in [0.3, 0.4) is 0 Å². The van der Waals surface area contributed by atoms with E-state index in [1.807, 2.05) is 0 Å². The molecule has 1 aliphatic heterocycles. The molecule has 0 radical (unpaired) electrons. The number of hydrogen-bond donors (Lipinski definition) is 2. The van der Waals surface area contributed by atoms with Crippen molar-refractivity contribution in [1.82, 2.24) is 10.2 Å². The number of nitrogens with one attached hydrogen (secondary N) is 1. The van der Waals surface area contributed by atoms with Crippen LogP contribution in [0.25, 0.3) is 0 Å². The maximum Gasteiger partial charge on any atom is 0.153 e. The number of ether oxygens (including phenoxy) is 1. The topological polar surface area (TPSA) is 44.7 Å². The predicted molar refractivity (Wildman–Crippen MR) is 46.7 cm³/mol. The Morgan fingerprint density at radius 2 is 2.50 bits per heavy atom. The molecule has 0 aromatic heterocycles. The van der Waals surface area contributed by atoms with E-state index in [0.29, 0.717) is 0 Å². The van der Waals surface area contributed by atoms with Crippen LogP contribution in [0.15, 0.2) is 0 Å². The van der Waals surface area contributed by atoms with Crippen LogP contribution in [0.5, 0.6) is 0 Å². The summed E-state index contributed by atoms with van der Waals surface area (Å²) in [5.74, 6) is 0. The molecule has 0 amide bonds. The van der Waals surface area contributed by atoms with Gasteiger partial charge in [-0.1, -0.05) is 6.92 Å². The highest BCUT2D eigenvalue weighted by molar-refractivity contribution is 4.71. The third kappa shape index (κ3) is 2.71. The van der Waals surface area contributed by atoms with E-state index in [0.717, 1.165) is 26.2 Å². The van der Waals surface area contributed by atoms with E-state index in [2.05, 4.69) is 17.1 Å². The van der Waals surface area contributed by atoms with Gasteiger partial charge in [0.2, 0.25) is 0 Å². The first kappa shape index (κ1) is 9.92. The minimum Gasteiger partial charge on any atom is -0.368 e. The second-order valence-corrected chi connectivity index (χ2v) is 3.02. The van der Waals surface area contributed by atoms with Crippen molar-refractivity contribution in [3.63, 3.8) is 0 Å². The molecule has 0 bridgehead atoms. The Hall–Kier alpha value is -0.160. The SMILES string of the molecule is CCN1CCNCC1OC(C)O. The van der Waals surface area contributed by atoms with Gasteiger partial charge in [-0.15, -0.1) is 0 Å². The first-order chi connectivity index (χ1) is 5.74. The van der Waals surface area contributed by atoms with Crippen LogP contribution in [0.2, 0.25) is 0 Å². The van der Waals surface area contributed by atoms with Crippen molar-refractivity contribution in [3.8, 4) is 0 Å². The van der Waals surface area contributed by atoms with Crippen molar-refractivity contribution >= 4 is 0 Å². The molecule has 1 heterocycles. The number of nitrogens with zero attached hydrogens (tertiary/aromatic N) is 1. The Morgan fingerprint density at radius 1 is 1.75 bits per heavy atom. The first-order valence-electron chi connectivity index (χ1n) is 4.52. The van der Waals surface area contributed by atoms with Crippen molar-refractivity contribution in [2.75, 3.05) is 26.2 Å². The number of piperazine rings is 1. The van der Waals surface area contributed by atoms with Crippen molar-refractivity contribution < 1.29 is 9.84 Å². The average molecular weight is 174 g/mol. The minimum absolute atomic E-state index is 0.0312.